The third-order valence-electron chi connectivity index (χ3n) is 6.16. The fourth-order valence-electron chi connectivity index (χ4n) is 4.35. The Labute approximate surface area is 188 Å². The number of piperazine rings is 1. The second-order valence-electron chi connectivity index (χ2n) is 8.22. The summed E-state index contributed by atoms with van der Waals surface area (Å²) >= 11 is 0. The van der Waals surface area contributed by atoms with Crippen LogP contribution in [0.5, 0.6) is 0 Å². The second-order valence-corrected chi connectivity index (χ2v) is 8.22. The van der Waals surface area contributed by atoms with Gasteiger partial charge < -0.3 is 14.7 Å². The van der Waals surface area contributed by atoms with Crippen molar-refractivity contribution in [2.75, 3.05) is 49.1 Å². The maximum Gasteiger partial charge on any atom is 0.272 e. The molecule has 1 aromatic carbocycles. The molecule has 5 rings (SSSR count). The number of nitrogens with zero attached hydrogens (tertiary/aromatic N) is 7. The lowest BCUT2D eigenvalue weighted by molar-refractivity contribution is 0.0740. The van der Waals surface area contributed by atoms with Gasteiger partial charge in [-0.2, -0.15) is 0 Å². The van der Waals surface area contributed by atoms with Gasteiger partial charge in [0, 0.05) is 57.0 Å². The minimum absolute atomic E-state index is 0.0297. The van der Waals surface area contributed by atoms with Gasteiger partial charge in [0.15, 0.2) is 0 Å². The Balaban J connectivity index is 1.24. The number of carbonyl (C=O) groups is 1. The first kappa shape index (κ1) is 20.4. The van der Waals surface area contributed by atoms with E-state index in [0.717, 1.165) is 49.1 Å². The molecule has 0 saturated carbocycles. The Kier molecular flexibility index (Phi) is 5.91. The third-order valence-corrected chi connectivity index (χ3v) is 6.16. The van der Waals surface area contributed by atoms with E-state index in [-0.39, 0.29) is 5.91 Å². The summed E-state index contributed by atoms with van der Waals surface area (Å²) in [5.41, 5.74) is 2.45. The lowest BCUT2D eigenvalue weighted by Gasteiger charge is -2.35. The second kappa shape index (κ2) is 9.30. The standard InChI is InChI=1S/C24H27N7O/c32-24(21-16-23(28-18-26-21)29-9-5-2-6-10-29)31-13-11-30(12-14-31)22-15-20(25-17-27-22)19-7-3-1-4-8-19/h1,3-4,7-8,15-18H,2,5-6,9-14H2. The molecule has 2 aliphatic heterocycles. The maximum absolute atomic E-state index is 13.1. The van der Waals surface area contributed by atoms with Crippen LogP contribution in [0.2, 0.25) is 0 Å². The Morgan fingerprint density at radius 1 is 0.688 bits per heavy atom. The molecule has 0 unspecified atom stereocenters. The summed E-state index contributed by atoms with van der Waals surface area (Å²) in [6.45, 7) is 4.70. The Morgan fingerprint density at radius 3 is 2.09 bits per heavy atom. The molecular weight excluding hydrogens is 402 g/mol. The van der Waals surface area contributed by atoms with Crippen molar-refractivity contribution in [1.29, 1.82) is 0 Å². The molecule has 0 radical (unpaired) electrons. The van der Waals surface area contributed by atoms with Crippen molar-refractivity contribution in [2.24, 2.45) is 0 Å². The molecule has 164 valence electrons. The van der Waals surface area contributed by atoms with Crippen LogP contribution in [0.3, 0.4) is 0 Å². The van der Waals surface area contributed by atoms with E-state index < -0.39 is 0 Å². The topological polar surface area (TPSA) is 78.4 Å². The summed E-state index contributed by atoms with van der Waals surface area (Å²) < 4.78 is 0. The highest BCUT2D eigenvalue weighted by molar-refractivity contribution is 5.93. The normalized spacial score (nSPS) is 16.8. The maximum atomic E-state index is 13.1. The van der Waals surface area contributed by atoms with Crippen molar-refractivity contribution in [1.82, 2.24) is 24.8 Å². The Hall–Kier alpha value is -3.55. The molecule has 32 heavy (non-hydrogen) atoms. The van der Waals surface area contributed by atoms with Crippen LogP contribution in [0.25, 0.3) is 11.3 Å². The van der Waals surface area contributed by atoms with Crippen molar-refractivity contribution >= 4 is 17.5 Å². The molecule has 1 amide bonds. The predicted molar refractivity (Wildman–Crippen MR) is 124 cm³/mol. The molecule has 2 aromatic heterocycles. The van der Waals surface area contributed by atoms with Crippen molar-refractivity contribution in [3.8, 4) is 11.3 Å². The van der Waals surface area contributed by atoms with Gasteiger partial charge in [-0.25, -0.2) is 19.9 Å². The molecule has 0 spiro atoms. The average Bonchev–Trinajstić information content (AvgIpc) is 2.89. The van der Waals surface area contributed by atoms with Crippen LogP contribution in [-0.2, 0) is 0 Å². The third kappa shape index (κ3) is 4.39. The zero-order valence-corrected chi connectivity index (χ0v) is 18.1. The highest BCUT2D eigenvalue weighted by Gasteiger charge is 2.25. The van der Waals surface area contributed by atoms with Gasteiger partial charge in [-0.1, -0.05) is 30.3 Å². The summed E-state index contributed by atoms with van der Waals surface area (Å²) in [5.74, 6) is 1.72. The minimum Gasteiger partial charge on any atom is -0.357 e. The fourth-order valence-corrected chi connectivity index (χ4v) is 4.35. The summed E-state index contributed by atoms with van der Waals surface area (Å²) in [6.07, 6.45) is 6.73. The van der Waals surface area contributed by atoms with Crippen LogP contribution in [0.4, 0.5) is 11.6 Å². The highest BCUT2D eigenvalue weighted by atomic mass is 16.2. The summed E-state index contributed by atoms with van der Waals surface area (Å²) in [7, 11) is 0. The van der Waals surface area contributed by atoms with Gasteiger partial charge in [0.1, 0.15) is 30.0 Å². The van der Waals surface area contributed by atoms with E-state index in [1.54, 1.807) is 6.33 Å². The quantitative estimate of drug-likeness (QED) is 0.631. The molecule has 0 aliphatic carbocycles. The molecule has 8 heteroatoms. The highest BCUT2D eigenvalue weighted by Crippen LogP contribution is 2.22. The van der Waals surface area contributed by atoms with Crippen LogP contribution in [0, 0.1) is 0 Å². The molecule has 4 heterocycles. The van der Waals surface area contributed by atoms with Crippen LogP contribution in [-0.4, -0.2) is 70.0 Å². The van der Waals surface area contributed by atoms with Crippen LogP contribution in [0.1, 0.15) is 29.8 Å². The Bertz CT molecular complexity index is 1060. The first-order chi connectivity index (χ1) is 15.8. The van der Waals surface area contributed by atoms with Crippen LogP contribution in [0.15, 0.2) is 55.1 Å². The lowest BCUT2D eigenvalue weighted by atomic mass is 10.1. The number of hydrogen-bond acceptors (Lipinski definition) is 7. The number of hydrogen-bond donors (Lipinski definition) is 0. The molecule has 0 atom stereocenters. The summed E-state index contributed by atoms with van der Waals surface area (Å²) in [4.78, 5) is 37.0. The monoisotopic (exact) mass is 429 g/mol. The summed E-state index contributed by atoms with van der Waals surface area (Å²) in [6, 6.07) is 14.0. The first-order valence-corrected chi connectivity index (χ1v) is 11.3. The number of piperidine rings is 1. The van der Waals surface area contributed by atoms with Gasteiger partial charge in [-0.15, -0.1) is 0 Å². The van der Waals surface area contributed by atoms with Gasteiger partial charge in [-0.3, -0.25) is 4.79 Å². The number of benzene rings is 1. The van der Waals surface area contributed by atoms with Gasteiger partial charge in [0.25, 0.3) is 5.91 Å². The van der Waals surface area contributed by atoms with Crippen LogP contribution < -0.4 is 9.80 Å². The Morgan fingerprint density at radius 2 is 1.34 bits per heavy atom. The number of anilines is 2. The molecule has 8 nitrogen and oxygen atoms in total. The zero-order chi connectivity index (χ0) is 21.8. The van der Waals surface area contributed by atoms with Gasteiger partial charge in [-0.05, 0) is 19.3 Å². The first-order valence-electron chi connectivity index (χ1n) is 11.3. The van der Waals surface area contributed by atoms with E-state index in [1.165, 1.54) is 25.6 Å². The molecule has 2 saturated heterocycles. The van der Waals surface area contributed by atoms with Crippen molar-refractivity contribution in [3.63, 3.8) is 0 Å². The fraction of sp³-hybridized carbons (Fsp3) is 0.375. The lowest BCUT2D eigenvalue weighted by Crippen LogP contribution is -2.49. The molecule has 0 N–H and O–H groups in total. The minimum atomic E-state index is -0.0297. The smallest absolute Gasteiger partial charge is 0.272 e. The molecule has 0 bridgehead atoms. The number of rotatable bonds is 4. The average molecular weight is 430 g/mol. The van der Waals surface area contributed by atoms with Gasteiger partial charge in [0.05, 0.1) is 5.69 Å². The zero-order valence-electron chi connectivity index (χ0n) is 18.1. The molecular formula is C24H27N7O. The van der Waals surface area contributed by atoms with E-state index in [4.69, 9.17) is 0 Å². The predicted octanol–water partition coefficient (Wildman–Crippen LogP) is 2.89. The molecule has 3 aromatic rings. The van der Waals surface area contributed by atoms with E-state index >= 15 is 0 Å². The van der Waals surface area contributed by atoms with Gasteiger partial charge in [0.2, 0.25) is 0 Å². The van der Waals surface area contributed by atoms with Crippen molar-refractivity contribution < 1.29 is 4.79 Å². The summed E-state index contributed by atoms with van der Waals surface area (Å²) in [5, 5.41) is 0. The number of carbonyl (C=O) groups excluding carboxylic acids is 1. The van der Waals surface area contributed by atoms with Crippen molar-refractivity contribution in [2.45, 2.75) is 19.3 Å². The number of aromatic nitrogens is 4. The SMILES string of the molecule is O=C(c1cc(N2CCCCC2)ncn1)N1CCN(c2cc(-c3ccccc3)ncn2)CC1. The largest absolute Gasteiger partial charge is 0.357 e. The molecule has 2 fully saturated rings. The van der Waals surface area contributed by atoms with E-state index in [1.807, 2.05) is 47.4 Å². The van der Waals surface area contributed by atoms with Crippen molar-refractivity contribution in [3.05, 3.63) is 60.8 Å². The van der Waals surface area contributed by atoms with E-state index in [0.29, 0.717) is 18.8 Å². The molecule has 2 aliphatic rings. The number of amides is 1. The van der Waals surface area contributed by atoms with E-state index in [2.05, 4.69) is 29.7 Å². The van der Waals surface area contributed by atoms with Crippen LogP contribution >= 0.6 is 0 Å². The van der Waals surface area contributed by atoms with E-state index in [9.17, 15) is 4.79 Å². The van der Waals surface area contributed by atoms with Gasteiger partial charge >= 0.3 is 0 Å².